The number of likely N-dealkylation sites (N-methyl/N-ethyl adjacent to an activating group) is 1. The predicted molar refractivity (Wildman–Crippen MR) is 83.3 cm³/mol. The van der Waals surface area contributed by atoms with E-state index in [2.05, 4.69) is 0 Å². The van der Waals surface area contributed by atoms with Gasteiger partial charge in [-0.2, -0.15) is 5.26 Å². The van der Waals surface area contributed by atoms with Crippen LogP contribution in [0, 0.1) is 11.3 Å². The lowest BCUT2D eigenvalue weighted by Gasteiger charge is -2.07. The monoisotopic (exact) mass is 288 g/mol. The molecule has 22 heavy (non-hydrogen) atoms. The molecule has 4 heteroatoms. The summed E-state index contributed by atoms with van der Waals surface area (Å²) in [6.07, 6.45) is 1.37. The van der Waals surface area contributed by atoms with Crippen LogP contribution in [0.25, 0.3) is 5.57 Å². The number of fused-ring (bicyclic) bond motifs is 1. The second-order valence-corrected chi connectivity index (χ2v) is 4.99. The van der Waals surface area contributed by atoms with Gasteiger partial charge in [0, 0.05) is 18.2 Å². The van der Waals surface area contributed by atoms with Crippen molar-refractivity contribution in [1.29, 1.82) is 5.26 Å². The third-order valence-corrected chi connectivity index (χ3v) is 3.66. The highest BCUT2D eigenvalue weighted by Gasteiger charge is 2.29. The average Bonchev–Trinajstić information content (AvgIpc) is 2.80. The van der Waals surface area contributed by atoms with Gasteiger partial charge in [-0.05, 0) is 36.4 Å². The minimum Gasteiger partial charge on any atom is -0.311 e. The third kappa shape index (κ3) is 2.19. The van der Waals surface area contributed by atoms with E-state index in [0.717, 1.165) is 11.3 Å². The van der Waals surface area contributed by atoms with E-state index in [-0.39, 0.29) is 11.7 Å². The van der Waals surface area contributed by atoms with E-state index in [0.29, 0.717) is 16.7 Å². The SMILES string of the molecule is CN1C(=O)/C(=C\C(=O)c2ccc(C#N)cc2)c2ccccc21. The summed E-state index contributed by atoms with van der Waals surface area (Å²) in [6, 6.07) is 15.7. The molecule has 4 nitrogen and oxygen atoms in total. The molecule has 0 atom stereocenters. The van der Waals surface area contributed by atoms with Gasteiger partial charge in [0.1, 0.15) is 0 Å². The van der Waals surface area contributed by atoms with Crippen molar-refractivity contribution >= 4 is 23.0 Å². The maximum Gasteiger partial charge on any atom is 0.258 e. The third-order valence-electron chi connectivity index (χ3n) is 3.66. The summed E-state index contributed by atoms with van der Waals surface area (Å²) in [5.41, 5.74) is 2.90. The maximum atomic E-state index is 12.3. The number of nitriles is 1. The van der Waals surface area contributed by atoms with Gasteiger partial charge in [-0.1, -0.05) is 18.2 Å². The van der Waals surface area contributed by atoms with Crippen molar-refractivity contribution < 1.29 is 9.59 Å². The van der Waals surface area contributed by atoms with Gasteiger partial charge in [0.15, 0.2) is 5.78 Å². The van der Waals surface area contributed by atoms with Gasteiger partial charge in [-0.15, -0.1) is 0 Å². The first kappa shape index (κ1) is 13.8. The molecule has 0 saturated carbocycles. The molecule has 2 aromatic carbocycles. The van der Waals surface area contributed by atoms with E-state index in [1.807, 2.05) is 30.3 Å². The van der Waals surface area contributed by atoms with Crippen LogP contribution < -0.4 is 4.90 Å². The Balaban J connectivity index is 1.99. The van der Waals surface area contributed by atoms with Crippen molar-refractivity contribution in [2.24, 2.45) is 0 Å². The van der Waals surface area contributed by atoms with Crippen LogP contribution in [0.5, 0.6) is 0 Å². The molecule has 0 saturated heterocycles. The highest BCUT2D eigenvalue weighted by atomic mass is 16.2. The molecule has 1 amide bonds. The molecule has 0 aliphatic carbocycles. The van der Waals surface area contributed by atoms with Crippen LogP contribution in [-0.2, 0) is 4.79 Å². The quantitative estimate of drug-likeness (QED) is 0.630. The Kier molecular flexibility index (Phi) is 3.32. The van der Waals surface area contributed by atoms with Crippen LogP contribution in [0.2, 0.25) is 0 Å². The van der Waals surface area contributed by atoms with Crippen LogP contribution in [0.4, 0.5) is 5.69 Å². The molecule has 0 N–H and O–H groups in total. The zero-order valence-electron chi connectivity index (χ0n) is 11.9. The molecule has 1 heterocycles. The van der Waals surface area contributed by atoms with Gasteiger partial charge >= 0.3 is 0 Å². The van der Waals surface area contributed by atoms with Crippen molar-refractivity contribution in [2.75, 3.05) is 11.9 Å². The van der Waals surface area contributed by atoms with Crippen molar-refractivity contribution in [2.45, 2.75) is 0 Å². The average molecular weight is 288 g/mol. The molecule has 0 radical (unpaired) electrons. The molecule has 0 unspecified atom stereocenters. The lowest BCUT2D eigenvalue weighted by Crippen LogP contribution is -2.20. The van der Waals surface area contributed by atoms with Gasteiger partial charge < -0.3 is 4.90 Å². The Bertz CT molecular complexity index is 842. The number of para-hydroxylation sites is 1. The fourth-order valence-electron chi connectivity index (χ4n) is 2.46. The maximum absolute atomic E-state index is 12.3. The minimum absolute atomic E-state index is 0.191. The normalized spacial score (nSPS) is 14.8. The fraction of sp³-hybridized carbons (Fsp3) is 0.0556. The highest BCUT2D eigenvalue weighted by molar-refractivity contribution is 6.35. The van der Waals surface area contributed by atoms with Crippen LogP contribution in [0.1, 0.15) is 21.5 Å². The van der Waals surface area contributed by atoms with Gasteiger partial charge in [-0.25, -0.2) is 0 Å². The zero-order chi connectivity index (χ0) is 15.7. The number of carbonyl (C=O) groups excluding carboxylic acids is 2. The van der Waals surface area contributed by atoms with Crippen LogP contribution in [0.15, 0.2) is 54.6 Å². The van der Waals surface area contributed by atoms with E-state index in [1.54, 1.807) is 31.3 Å². The summed E-state index contributed by atoms with van der Waals surface area (Å²) >= 11 is 0. The van der Waals surface area contributed by atoms with Crippen molar-refractivity contribution in [1.82, 2.24) is 0 Å². The van der Waals surface area contributed by atoms with Gasteiger partial charge in [0.25, 0.3) is 5.91 Å². The lowest BCUT2D eigenvalue weighted by atomic mass is 10.0. The Morgan fingerprint density at radius 1 is 1.14 bits per heavy atom. The molecular weight excluding hydrogens is 276 g/mol. The van der Waals surface area contributed by atoms with Gasteiger partial charge in [0.05, 0.1) is 22.9 Å². The molecule has 106 valence electrons. The summed E-state index contributed by atoms with van der Waals surface area (Å²) < 4.78 is 0. The molecular formula is C18H12N2O2. The molecule has 3 rings (SSSR count). The van der Waals surface area contributed by atoms with E-state index in [4.69, 9.17) is 5.26 Å². The Morgan fingerprint density at radius 3 is 2.50 bits per heavy atom. The number of allylic oxidation sites excluding steroid dienone is 1. The van der Waals surface area contributed by atoms with Crippen LogP contribution >= 0.6 is 0 Å². The fourth-order valence-corrected chi connectivity index (χ4v) is 2.46. The second-order valence-electron chi connectivity index (χ2n) is 4.99. The first-order valence-electron chi connectivity index (χ1n) is 6.75. The van der Waals surface area contributed by atoms with E-state index >= 15 is 0 Å². The van der Waals surface area contributed by atoms with E-state index < -0.39 is 0 Å². The highest BCUT2D eigenvalue weighted by Crippen LogP contribution is 2.35. The molecule has 0 spiro atoms. The number of anilines is 1. The number of amides is 1. The van der Waals surface area contributed by atoms with Crippen LogP contribution in [0.3, 0.4) is 0 Å². The predicted octanol–water partition coefficient (Wildman–Crippen LogP) is 2.80. The summed E-state index contributed by atoms with van der Waals surface area (Å²) in [4.78, 5) is 26.2. The largest absolute Gasteiger partial charge is 0.311 e. The first-order chi connectivity index (χ1) is 10.6. The summed E-state index contributed by atoms with van der Waals surface area (Å²) in [5.74, 6) is -0.443. The number of carbonyl (C=O) groups is 2. The number of nitrogens with zero attached hydrogens (tertiary/aromatic N) is 2. The van der Waals surface area contributed by atoms with Crippen molar-refractivity contribution in [3.63, 3.8) is 0 Å². The van der Waals surface area contributed by atoms with E-state index in [1.165, 1.54) is 11.0 Å². The molecule has 1 aliphatic heterocycles. The topological polar surface area (TPSA) is 61.2 Å². The molecule has 1 aliphatic rings. The summed E-state index contributed by atoms with van der Waals surface area (Å²) in [7, 11) is 1.69. The Hall–Kier alpha value is -3.19. The zero-order valence-corrected chi connectivity index (χ0v) is 11.9. The summed E-state index contributed by atoms with van der Waals surface area (Å²) in [6.45, 7) is 0. The second kappa shape index (κ2) is 5.30. The Morgan fingerprint density at radius 2 is 1.82 bits per heavy atom. The van der Waals surface area contributed by atoms with Crippen LogP contribution in [-0.4, -0.2) is 18.7 Å². The van der Waals surface area contributed by atoms with Gasteiger partial charge in [0.2, 0.25) is 0 Å². The summed E-state index contributed by atoms with van der Waals surface area (Å²) in [5, 5.41) is 8.77. The molecule has 0 bridgehead atoms. The number of rotatable bonds is 2. The number of ketones is 1. The Labute approximate surface area is 127 Å². The van der Waals surface area contributed by atoms with Gasteiger partial charge in [-0.3, -0.25) is 9.59 Å². The molecule has 2 aromatic rings. The molecule has 0 fully saturated rings. The first-order valence-corrected chi connectivity index (χ1v) is 6.75. The van der Waals surface area contributed by atoms with E-state index in [9.17, 15) is 9.59 Å². The standard InChI is InChI=1S/C18H12N2O2/c1-20-16-5-3-2-4-14(16)15(18(20)22)10-17(21)13-8-6-12(11-19)7-9-13/h2-10H,1H3/b15-10-. The number of hydrogen-bond acceptors (Lipinski definition) is 3. The number of hydrogen-bond donors (Lipinski definition) is 0. The number of benzene rings is 2. The smallest absolute Gasteiger partial charge is 0.258 e. The minimum atomic E-state index is -0.252. The lowest BCUT2D eigenvalue weighted by molar-refractivity contribution is -0.112. The molecule has 0 aromatic heterocycles. The van der Waals surface area contributed by atoms with Crippen molar-refractivity contribution in [3.8, 4) is 6.07 Å². The van der Waals surface area contributed by atoms with Crippen molar-refractivity contribution in [3.05, 3.63) is 71.3 Å².